The van der Waals surface area contributed by atoms with Gasteiger partial charge in [-0.1, -0.05) is 47.6 Å². The molecule has 2 N–H and O–H groups in total. The number of benzene rings is 3. The second kappa shape index (κ2) is 9.62. The van der Waals surface area contributed by atoms with E-state index in [9.17, 15) is 4.79 Å². The van der Waals surface area contributed by atoms with E-state index in [2.05, 4.69) is 5.16 Å². The Bertz CT molecular complexity index is 957. The summed E-state index contributed by atoms with van der Waals surface area (Å²) in [6.07, 6.45) is 0. The molecule has 0 aliphatic rings. The van der Waals surface area contributed by atoms with E-state index in [4.69, 9.17) is 15.3 Å². The van der Waals surface area contributed by atoms with E-state index in [1.807, 2.05) is 42.5 Å². The summed E-state index contributed by atoms with van der Waals surface area (Å²) in [5.74, 6) is 1.03. The minimum Gasteiger partial charge on any atom is -0.497 e. The van der Waals surface area contributed by atoms with Crippen LogP contribution in [0.15, 0.2) is 88.9 Å². The van der Waals surface area contributed by atoms with Gasteiger partial charge in [-0.3, -0.25) is 0 Å². The first kappa shape index (κ1) is 19.5. The predicted molar refractivity (Wildman–Crippen MR) is 112 cm³/mol. The van der Waals surface area contributed by atoms with E-state index in [0.717, 1.165) is 10.6 Å². The van der Waals surface area contributed by atoms with Crippen LogP contribution in [-0.2, 0) is 10.6 Å². The summed E-state index contributed by atoms with van der Waals surface area (Å²) in [4.78, 5) is 18.4. The number of nitrogens with zero attached hydrogens (tertiary/aromatic N) is 1. The van der Waals surface area contributed by atoms with E-state index in [1.165, 1.54) is 5.56 Å². The van der Waals surface area contributed by atoms with Crippen molar-refractivity contribution in [3.8, 4) is 5.75 Å². The number of hydrogen-bond acceptors (Lipinski definition) is 5. The maximum Gasteiger partial charge on any atom is 0.366 e. The molecule has 3 aromatic rings. The molecule has 0 saturated heterocycles. The molecule has 0 aliphatic heterocycles. The molecule has 0 saturated carbocycles. The first-order chi connectivity index (χ1) is 13.7. The van der Waals surface area contributed by atoms with Crippen molar-refractivity contribution >= 4 is 23.6 Å². The lowest BCUT2D eigenvalue weighted by Crippen LogP contribution is -2.15. The van der Waals surface area contributed by atoms with E-state index in [-0.39, 0.29) is 5.84 Å². The van der Waals surface area contributed by atoms with Crippen LogP contribution in [0.25, 0.3) is 0 Å². The molecule has 0 atom stereocenters. The largest absolute Gasteiger partial charge is 0.497 e. The molecule has 0 amide bonds. The fraction of sp³-hybridized carbons (Fsp3) is 0.0909. The van der Waals surface area contributed by atoms with Gasteiger partial charge in [0, 0.05) is 16.2 Å². The van der Waals surface area contributed by atoms with Gasteiger partial charge in [-0.2, -0.15) is 0 Å². The van der Waals surface area contributed by atoms with Gasteiger partial charge in [-0.15, -0.1) is 11.8 Å². The molecular formula is C22H20N2O3S. The van der Waals surface area contributed by atoms with Crippen molar-refractivity contribution in [3.05, 3.63) is 95.6 Å². The number of nitrogens with two attached hydrogens (primary N) is 1. The van der Waals surface area contributed by atoms with E-state index < -0.39 is 5.97 Å². The van der Waals surface area contributed by atoms with Crippen molar-refractivity contribution in [1.82, 2.24) is 0 Å². The van der Waals surface area contributed by atoms with Gasteiger partial charge in [0.2, 0.25) is 0 Å². The molecular weight excluding hydrogens is 372 g/mol. The van der Waals surface area contributed by atoms with E-state index in [1.54, 1.807) is 55.3 Å². The zero-order valence-electron chi connectivity index (χ0n) is 15.4. The number of methoxy groups -OCH3 is 1. The Morgan fingerprint density at radius 1 is 0.964 bits per heavy atom. The van der Waals surface area contributed by atoms with Crippen molar-refractivity contribution < 1.29 is 14.4 Å². The summed E-state index contributed by atoms with van der Waals surface area (Å²) in [6, 6.07) is 24.4. The van der Waals surface area contributed by atoms with Crippen LogP contribution < -0.4 is 10.5 Å². The van der Waals surface area contributed by atoms with Crippen LogP contribution in [-0.4, -0.2) is 18.9 Å². The number of carbonyl (C=O) groups excluding carboxylic acids is 1. The fourth-order valence-corrected chi connectivity index (χ4v) is 3.45. The Morgan fingerprint density at radius 2 is 1.64 bits per heavy atom. The predicted octanol–water partition coefficient (Wildman–Crippen LogP) is 4.46. The van der Waals surface area contributed by atoms with Gasteiger partial charge >= 0.3 is 5.97 Å². The maximum absolute atomic E-state index is 12.5. The molecule has 3 aromatic carbocycles. The zero-order valence-corrected chi connectivity index (χ0v) is 16.2. The highest BCUT2D eigenvalue weighted by Crippen LogP contribution is 2.26. The summed E-state index contributed by atoms with van der Waals surface area (Å²) in [7, 11) is 1.58. The van der Waals surface area contributed by atoms with Crippen molar-refractivity contribution in [2.75, 3.05) is 7.11 Å². The van der Waals surface area contributed by atoms with E-state index >= 15 is 0 Å². The molecule has 0 aromatic heterocycles. The molecule has 5 nitrogen and oxygen atoms in total. The van der Waals surface area contributed by atoms with Crippen molar-refractivity contribution in [2.24, 2.45) is 10.9 Å². The molecule has 6 heteroatoms. The quantitative estimate of drug-likeness (QED) is 0.211. The second-order valence-corrected chi connectivity index (χ2v) is 6.87. The summed E-state index contributed by atoms with van der Waals surface area (Å²) >= 11 is 1.57. The van der Waals surface area contributed by atoms with Crippen LogP contribution in [0.3, 0.4) is 0 Å². The van der Waals surface area contributed by atoms with Crippen LogP contribution in [0.5, 0.6) is 5.75 Å². The maximum atomic E-state index is 12.5. The lowest BCUT2D eigenvalue weighted by molar-refractivity contribution is 0.0512. The average molecular weight is 392 g/mol. The summed E-state index contributed by atoms with van der Waals surface area (Å²) in [5, 5.41) is 3.78. The Hall–Kier alpha value is -3.25. The number of carbonyl (C=O) groups is 1. The smallest absolute Gasteiger partial charge is 0.366 e. The molecule has 0 unspecified atom stereocenters. The Kier molecular flexibility index (Phi) is 6.70. The number of oxime groups is 1. The second-order valence-electron chi connectivity index (χ2n) is 5.85. The first-order valence-corrected chi connectivity index (χ1v) is 9.61. The van der Waals surface area contributed by atoms with Gasteiger partial charge in [0.1, 0.15) is 5.75 Å². The Labute approximate surface area is 168 Å². The topological polar surface area (TPSA) is 73.9 Å². The first-order valence-electron chi connectivity index (χ1n) is 8.62. The molecule has 0 heterocycles. The molecule has 0 radical (unpaired) electrons. The highest BCUT2D eigenvalue weighted by Gasteiger charge is 2.14. The number of hydrogen-bond donors (Lipinski definition) is 1. The molecule has 142 valence electrons. The van der Waals surface area contributed by atoms with Crippen LogP contribution in [0.4, 0.5) is 0 Å². The SMILES string of the molecule is COc1ccc(/C(N)=N\OC(=O)c2ccccc2SCc2ccccc2)cc1. The summed E-state index contributed by atoms with van der Waals surface area (Å²) in [5.41, 5.74) is 8.18. The van der Waals surface area contributed by atoms with Gasteiger partial charge < -0.3 is 15.3 Å². The van der Waals surface area contributed by atoms with Crippen molar-refractivity contribution in [3.63, 3.8) is 0 Å². The van der Waals surface area contributed by atoms with Crippen molar-refractivity contribution in [2.45, 2.75) is 10.6 Å². The molecule has 0 spiro atoms. The van der Waals surface area contributed by atoms with Crippen LogP contribution in [0.2, 0.25) is 0 Å². The molecule has 3 rings (SSSR count). The van der Waals surface area contributed by atoms with Gasteiger partial charge in [-0.05, 0) is 42.0 Å². The number of thioether (sulfide) groups is 1. The van der Waals surface area contributed by atoms with E-state index in [0.29, 0.717) is 16.9 Å². The fourth-order valence-electron chi connectivity index (χ4n) is 2.45. The zero-order chi connectivity index (χ0) is 19.8. The molecule has 0 aliphatic carbocycles. The minimum absolute atomic E-state index is 0.116. The Balaban J connectivity index is 1.68. The van der Waals surface area contributed by atoms with Crippen molar-refractivity contribution in [1.29, 1.82) is 0 Å². The normalized spacial score (nSPS) is 11.1. The summed E-state index contributed by atoms with van der Waals surface area (Å²) < 4.78 is 5.10. The highest BCUT2D eigenvalue weighted by molar-refractivity contribution is 7.98. The van der Waals surface area contributed by atoms with Gasteiger partial charge in [0.25, 0.3) is 0 Å². The molecule has 28 heavy (non-hydrogen) atoms. The summed E-state index contributed by atoms with van der Waals surface area (Å²) in [6.45, 7) is 0. The van der Waals surface area contributed by atoms with Gasteiger partial charge in [0.15, 0.2) is 5.84 Å². The number of amidine groups is 1. The number of rotatable bonds is 7. The minimum atomic E-state index is -0.548. The van der Waals surface area contributed by atoms with Gasteiger partial charge in [0.05, 0.1) is 12.7 Å². The van der Waals surface area contributed by atoms with Gasteiger partial charge in [-0.25, -0.2) is 4.79 Å². The van der Waals surface area contributed by atoms with Crippen LogP contribution in [0, 0.1) is 0 Å². The third-order valence-electron chi connectivity index (χ3n) is 3.96. The number of ether oxygens (including phenoxy) is 1. The third kappa shape index (κ3) is 5.14. The lowest BCUT2D eigenvalue weighted by Gasteiger charge is -2.07. The third-order valence-corrected chi connectivity index (χ3v) is 5.10. The monoisotopic (exact) mass is 392 g/mol. The van der Waals surface area contributed by atoms with Crippen LogP contribution >= 0.6 is 11.8 Å². The Morgan fingerprint density at radius 3 is 2.36 bits per heavy atom. The molecule has 0 bridgehead atoms. The molecule has 0 fully saturated rings. The standard InChI is InChI=1S/C22H20N2O3S/c1-26-18-13-11-17(12-14-18)21(23)24-27-22(25)19-9-5-6-10-20(19)28-15-16-7-3-2-4-8-16/h2-14H,15H2,1H3,(H2,23,24). The average Bonchev–Trinajstić information content (AvgIpc) is 2.76. The lowest BCUT2D eigenvalue weighted by atomic mass is 10.2. The highest BCUT2D eigenvalue weighted by atomic mass is 32.2. The van der Waals surface area contributed by atoms with Crippen LogP contribution in [0.1, 0.15) is 21.5 Å².